The molecule has 6 nitrogen and oxygen atoms in total. The number of benzene rings is 2. The fourth-order valence-electron chi connectivity index (χ4n) is 3.60. The minimum Gasteiger partial charge on any atom is -0.368 e. The van der Waals surface area contributed by atoms with Crippen molar-refractivity contribution in [1.82, 2.24) is 19.7 Å². The van der Waals surface area contributed by atoms with E-state index in [4.69, 9.17) is 11.6 Å². The third-order valence-electron chi connectivity index (χ3n) is 5.35. The Morgan fingerprint density at radius 1 is 1.07 bits per heavy atom. The van der Waals surface area contributed by atoms with Crippen LogP contribution in [0.15, 0.2) is 53.7 Å². The summed E-state index contributed by atoms with van der Waals surface area (Å²) in [4.78, 5) is 16.9. The summed E-state index contributed by atoms with van der Waals surface area (Å²) in [5.41, 5.74) is 3.31. The molecule has 0 unspecified atom stereocenters. The van der Waals surface area contributed by atoms with Gasteiger partial charge in [0.2, 0.25) is 5.91 Å². The highest BCUT2D eigenvalue weighted by molar-refractivity contribution is 7.99. The van der Waals surface area contributed by atoms with Crippen LogP contribution < -0.4 is 4.90 Å². The molecule has 1 amide bonds. The monoisotopic (exact) mass is 441 g/mol. The summed E-state index contributed by atoms with van der Waals surface area (Å²) in [6.07, 6.45) is 0. The molecule has 0 N–H and O–H groups in total. The fourth-order valence-corrected chi connectivity index (χ4v) is 4.60. The number of piperazine rings is 1. The smallest absolute Gasteiger partial charge is 0.233 e. The number of amides is 1. The topological polar surface area (TPSA) is 54.3 Å². The van der Waals surface area contributed by atoms with Gasteiger partial charge in [0.1, 0.15) is 0 Å². The summed E-state index contributed by atoms with van der Waals surface area (Å²) in [6.45, 7) is 5.08. The molecule has 1 aliphatic heterocycles. The van der Waals surface area contributed by atoms with Crippen molar-refractivity contribution in [2.24, 2.45) is 7.05 Å². The molecular weight excluding hydrogens is 418 g/mol. The van der Waals surface area contributed by atoms with E-state index in [0.717, 1.165) is 45.9 Å². The summed E-state index contributed by atoms with van der Waals surface area (Å²) in [7, 11) is 1.94. The van der Waals surface area contributed by atoms with Crippen molar-refractivity contribution in [3.8, 4) is 11.4 Å². The third-order valence-corrected chi connectivity index (χ3v) is 6.59. The molecule has 0 saturated carbocycles. The number of rotatable bonds is 5. The molecule has 3 aromatic rings. The van der Waals surface area contributed by atoms with Crippen molar-refractivity contribution in [3.63, 3.8) is 0 Å². The fraction of sp³-hybridized carbons (Fsp3) is 0.318. The van der Waals surface area contributed by atoms with Gasteiger partial charge in [-0.15, -0.1) is 10.2 Å². The molecule has 2 heterocycles. The Labute approximate surface area is 185 Å². The molecule has 30 heavy (non-hydrogen) atoms. The van der Waals surface area contributed by atoms with Crippen molar-refractivity contribution in [2.45, 2.75) is 12.1 Å². The molecule has 0 radical (unpaired) electrons. The number of hydrogen-bond acceptors (Lipinski definition) is 5. The van der Waals surface area contributed by atoms with Gasteiger partial charge < -0.3 is 14.4 Å². The zero-order valence-corrected chi connectivity index (χ0v) is 18.7. The van der Waals surface area contributed by atoms with Crippen LogP contribution in [0, 0.1) is 6.92 Å². The lowest BCUT2D eigenvalue weighted by atomic mass is 10.1. The molecule has 156 valence electrons. The number of thioether (sulfide) groups is 1. The minimum absolute atomic E-state index is 0.131. The summed E-state index contributed by atoms with van der Waals surface area (Å²) in [5, 5.41) is 10.1. The molecule has 0 bridgehead atoms. The molecule has 0 aliphatic carbocycles. The molecule has 0 spiro atoms. The summed E-state index contributed by atoms with van der Waals surface area (Å²) >= 11 is 7.53. The number of halogens is 1. The van der Waals surface area contributed by atoms with Crippen LogP contribution >= 0.6 is 23.4 Å². The first-order chi connectivity index (χ1) is 14.5. The second kappa shape index (κ2) is 9.10. The van der Waals surface area contributed by atoms with Gasteiger partial charge in [0.15, 0.2) is 11.0 Å². The zero-order valence-electron chi connectivity index (χ0n) is 17.1. The van der Waals surface area contributed by atoms with Gasteiger partial charge in [-0.3, -0.25) is 4.79 Å². The van der Waals surface area contributed by atoms with Gasteiger partial charge in [-0.25, -0.2) is 0 Å². The Morgan fingerprint density at radius 2 is 1.83 bits per heavy atom. The Balaban J connectivity index is 1.33. The maximum absolute atomic E-state index is 12.7. The maximum atomic E-state index is 12.7. The first-order valence-electron chi connectivity index (χ1n) is 9.89. The van der Waals surface area contributed by atoms with Crippen LogP contribution in [0.1, 0.15) is 5.56 Å². The highest BCUT2D eigenvalue weighted by Crippen LogP contribution is 2.25. The Morgan fingerprint density at radius 3 is 2.57 bits per heavy atom. The number of carbonyl (C=O) groups is 1. The van der Waals surface area contributed by atoms with Crippen LogP contribution in [-0.2, 0) is 11.8 Å². The Kier molecular flexibility index (Phi) is 6.29. The molecule has 1 fully saturated rings. The van der Waals surface area contributed by atoms with E-state index < -0.39 is 0 Å². The van der Waals surface area contributed by atoms with Crippen LogP contribution in [0.2, 0.25) is 5.02 Å². The van der Waals surface area contributed by atoms with Crippen molar-refractivity contribution < 1.29 is 4.79 Å². The maximum Gasteiger partial charge on any atom is 0.233 e. The minimum atomic E-state index is 0.131. The number of carbonyl (C=O) groups excluding carboxylic acids is 1. The molecule has 1 aliphatic rings. The predicted molar refractivity (Wildman–Crippen MR) is 122 cm³/mol. The van der Waals surface area contributed by atoms with Gasteiger partial charge in [-0.2, -0.15) is 0 Å². The van der Waals surface area contributed by atoms with E-state index >= 15 is 0 Å². The lowest BCUT2D eigenvalue weighted by Gasteiger charge is -2.36. The SMILES string of the molecule is Cc1ccccc1-c1nnc(SCC(=O)N2CCN(c3cccc(Cl)c3)CC2)n1C. The number of hydrogen-bond donors (Lipinski definition) is 0. The van der Waals surface area contributed by atoms with Crippen LogP contribution in [-0.4, -0.2) is 57.5 Å². The number of aryl methyl sites for hydroxylation is 1. The lowest BCUT2D eigenvalue weighted by Crippen LogP contribution is -2.49. The van der Waals surface area contributed by atoms with Crippen molar-refractivity contribution in [2.75, 3.05) is 36.8 Å². The first-order valence-corrected chi connectivity index (χ1v) is 11.3. The largest absolute Gasteiger partial charge is 0.368 e. The zero-order chi connectivity index (χ0) is 21.1. The lowest BCUT2D eigenvalue weighted by molar-refractivity contribution is -0.128. The van der Waals surface area contributed by atoms with Gasteiger partial charge in [0.05, 0.1) is 5.75 Å². The quantitative estimate of drug-likeness (QED) is 0.562. The van der Waals surface area contributed by atoms with Crippen LogP contribution in [0.5, 0.6) is 0 Å². The van der Waals surface area contributed by atoms with E-state index in [-0.39, 0.29) is 5.91 Å². The van der Waals surface area contributed by atoms with Crippen LogP contribution in [0.4, 0.5) is 5.69 Å². The second-order valence-corrected chi connectivity index (χ2v) is 8.70. The molecule has 1 aromatic heterocycles. The highest BCUT2D eigenvalue weighted by atomic mass is 35.5. The van der Waals surface area contributed by atoms with E-state index in [2.05, 4.69) is 34.2 Å². The average molecular weight is 442 g/mol. The Hall–Kier alpha value is -2.51. The normalized spacial score (nSPS) is 14.2. The second-order valence-electron chi connectivity index (χ2n) is 7.32. The number of nitrogens with zero attached hydrogens (tertiary/aromatic N) is 5. The molecule has 1 saturated heterocycles. The molecular formula is C22H24ClN5OS. The summed E-state index contributed by atoms with van der Waals surface area (Å²) in [5.74, 6) is 1.31. The van der Waals surface area contributed by atoms with E-state index in [1.807, 2.05) is 52.9 Å². The van der Waals surface area contributed by atoms with Crippen LogP contribution in [0.25, 0.3) is 11.4 Å². The Bertz CT molecular complexity index is 1050. The summed E-state index contributed by atoms with van der Waals surface area (Å²) < 4.78 is 1.96. The summed E-state index contributed by atoms with van der Waals surface area (Å²) in [6, 6.07) is 16.0. The van der Waals surface area contributed by atoms with E-state index in [1.165, 1.54) is 11.8 Å². The number of anilines is 1. The standard InChI is InChI=1S/C22H24ClN5OS/c1-16-6-3-4-9-19(16)21-24-25-22(26(21)2)30-15-20(29)28-12-10-27(11-13-28)18-8-5-7-17(23)14-18/h3-9,14H,10-13,15H2,1-2H3. The van der Waals surface area contributed by atoms with Crippen LogP contribution in [0.3, 0.4) is 0 Å². The number of aromatic nitrogens is 3. The highest BCUT2D eigenvalue weighted by Gasteiger charge is 2.22. The average Bonchev–Trinajstić information content (AvgIpc) is 3.12. The van der Waals surface area contributed by atoms with E-state index in [9.17, 15) is 4.79 Å². The third kappa shape index (κ3) is 4.47. The van der Waals surface area contributed by atoms with Gasteiger partial charge in [-0.1, -0.05) is 53.7 Å². The molecule has 4 rings (SSSR count). The van der Waals surface area contributed by atoms with E-state index in [0.29, 0.717) is 18.8 Å². The van der Waals surface area contributed by atoms with Gasteiger partial charge in [0.25, 0.3) is 0 Å². The van der Waals surface area contributed by atoms with E-state index in [1.54, 1.807) is 0 Å². The first kappa shape index (κ1) is 20.8. The predicted octanol–water partition coefficient (Wildman–Crippen LogP) is 3.88. The van der Waals surface area contributed by atoms with Gasteiger partial charge in [0, 0.05) is 49.5 Å². The van der Waals surface area contributed by atoms with Gasteiger partial charge >= 0.3 is 0 Å². The molecule has 0 atom stereocenters. The van der Waals surface area contributed by atoms with Crippen molar-refractivity contribution in [3.05, 3.63) is 59.1 Å². The van der Waals surface area contributed by atoms with Crippen molar-refractivity contribution in [1.29, 1.82) is 0 Å². The molecule has 2 aromatic carbocycles. The van der Waals surface area contributed by atoms with Crippen molar-refractivity contribution >= 4 is 35.0 Å². The van der Waals surface area contributed by atoms with Gasteiger partial charge in [-0.05, 0) is 30.7 Å². The molecule has 8 heteroatoms.